The van der Waals surface area contributed by atoms with Crippen LogP contribution in [0.5, 0.6) is 5.75 Å². The number of nitrogens with one attached hydrogen (secondary N) is 1. The molecule has 0 atom stereocenters. The zero-order chi connectivity index (χ0) is 22.1. The standard InChI is InChI=1S/C18H18FN5O5S/c1-24(2)14-6-4-11(9-13(14)23-30(3,26)27)17-21-16(22-29-17)10-5-7-15(12(19)8-10)28-18(20)25/h4-9,23H,1-3H3,(H2,20,25). The Bertz CT molecular complexity index is 1210. The summed E-state index contributed by atoms with van der Waals surface area (Å²) in [6, 6.07) is 8.65. The molecule has 3 N–H and O–H groups in total. The van der Waals surface area contributed by atoms with Gasteiger partial charge in [-0.2, -0.15) is 4.98 Å². The number of ether oxygens (including phenoxy) is 1. The lowest BCUT2D eigenvalue weighted by Crippen LogP contribution is -2.16. The van der Waals surface area contributed by atoms with Gasteiger partial charge in [0.25, 0.3) is 5.89 Å². The van der Waals surface area contributed by atoms with Gasteiger partial charge in [-0.05, 0) is 36.4 Å². The van der Waals surface area contributed by atoms with Crippen LogP contribution in [0.15, 0.2) is 40.9 Å². The van der Waals surface area contributed by atoms with E-state index in [0.717, 1.165) is 12.3 Å². The summed E-state index contributed by atoms with van der Waals surface area (Å²) in [7, 11) is 0.0253. The maximum atomic E-state index is 14.1. The van der Waals surface area contributed by atoms with E-state index in [1.807, 2.05) is 0 Å². The molecule has 0 aliphatic heterocycles. The number of carbonyl (C=O) groups is 1. The van der Waals surface area contributed by atoms with E-state index in [4.69, 9.17) is 10.3 Å². The van der Waals surface area contributed by atoms with E-state index in [-0.39, 0.29) is 23.0 Å². The number of amides is 1. The van der Waals surface area contributed by atoms with Gasteiger partial charge in [0, 0.05) is 25.2 Å². The summed E-state index contributed by atoms with van der Waals surface area (Å²) in [5, 5.41) is 3.82. The highest BCUT2D eigenvalue weighted by molar-refractivity contribution is 7.92. The second-order valence-corrected chi connectivity index (χ2v) is 8.24. The number of sulfonamides is 1. The minimum absolute atomic E-state index is 0.0869. The van der Waals surface area contributed by atoms with E-state index in [9.17, 15) is 17.6 Å². The molecule has 0 unspecified atom stereocenters. The molecule has 2 aromatic carbocycles. The lowest BCUT2D eigenvalue weighted by Gasteiger charge is -2.18. The molecular weight excluding hydrogens is 417 g/mol. The first-order chi connectivity index (χ1) is 14.0. The predicted octanol–water partition coefficient (Wildman–Crippen LogP) is 2.44. The monoisotopic (exact) mass is 435 g/mol. The van der Waals surface area contributed by atoms with Crippen LogP contribution >= 0.6 is 0 Å². The van der Waals surface area contributed by atoms with Crippen LogP contribution in [0.4, 0.5) is 20.6 Å². The largest absolute Gasteiger partial charge is 0.410 e. The number of rotatable bonds is 6. The van der Waals surface area contributed by atoms with Crippen molar-refractivity contribution in [2.24, 2.45) is 5.73 Å². The van der Waals surface area contributed by atoms with Gasteiger partial charge in [-0.3, -0.25) is 4.72 Å². The van der Waals surface area contributed by atoms with Gasteiger partial charge in [0.1, 0.15) is 0 Å². The minimum atomic E-state index is -3.52. The third kappa shape index (κ3) is 4.84. The Labute approximate surface area is 171 Å². The number of aromatic nitrogens is 2. The van der Waals surface area contributed by atoms with Crippen LogP contribution in [0, 0.1) is 5.82 Å². The first-order valence-corrected chi connectivity index (χ1v) is 10.3. The molecule has 0 aliphatic rings. The molecule has 0 fully saturated rings. The molecule has 1 aromatic heterocycles. The number of halogens is 1. The van der Waals surface area contributed by atoms with Crippen molar-refractivity contribution in [3.05, 3.63) is 42.2 Å². The molecule has 0 bridgehead atoms. The van der Waals surface area contributed by atoms with Crippen molar-refractivity contribution in [3.63, 3.8) is 0 Å². The lowest BCUT2D eigenvalue weighted by atomic mass is 10.1. The van der Waals surface area contributed by atoms with Crippen molar-refractivity contribution in [1.29, 1.82) is 0 Å². The van der Waals surface area contributed by atoms with E-state index in [1.165, 1.54) is 12.1 Å². The van der Waals surface area contributed by atoms with Crippen LogP contribution in [0.1, 0.15) is 0 Å². The van der Waals surface area contributed by atoms with Gasteiger partial charge in [-0.15, -0.1) is 0 Å². The minimum Gasteiger partial charge on any atom is -0.407 e. The Morgan fingerprint density at radius 2 is 1.90 bits per heavy atom. The summed E-state index contributed by atoms with van der Waals surface area (Å²) in [6.07, 6.45) is -0.0902. The van der Waals surface area contributed by atoms with Crippen LogP contribution in [0.3, 0.4) is 0 Å². The van der Waals surface area contributed by atoms with Crippen LogP contribution in [0.25, 0.3) is 22.8 Å². The van der Waals surface area contributed by atoms with E-state index in [1.54, 1.807) is 37.2 Å². The average Bonchev–Trinajstić information content (AvgIpc) is 3.11. The van der Waals surface area contributed by atoms with Crippen LogP contribution in [-0.2, 0) is 10.0 Å². The summed E-state index contributed by atoms with van der Waals surface area (Å²) in [4.78, 5) is 16.7. The zero-order valence-electron chi connectivity index (χ0n) is 16.2. The van der Waals surface area contributed by atoms with Gasteiger partial charge >= 0.3 is 6.09 Å². The van der Waals surface area contributed by atoms with Crippen molar-refractivity contribution in [3.8, 4) is 28.6 Å². The maximum Gasteiger partial charge on any atom is 0.410 e. The second kappa shape index (κ2) is 7.99. The van der Waals surface area contributed by atoms with E-state index >= 15 is 0 Å². The predicted molar refractivity (Wildman–Crippen MR) is 108 cm³/mol. The molecule has 1 amide bonds. The summed E-state index contributed by atoms with van der Waals surface area (Å²) < 4.78 is 49.7. The molecule has 0 spiro atoms. The number of hydrogen-bond acceptors (Lipinski definition) is 8. The number of hydrogen-bond donors (Lipinski definition) is 2. The molecule has 0 saturated carbocycles. The van der Waals surface area contributed by atoms with Crippen molar-refractivity contribution >= 4 is 27.5 Å². The van der Waals surface area contributed by atoms with Crippen molar-refractivity contribution in [2.45, 2.75) is 0 Å². The van der Waals surface area contributed by atoms with Gasteiger partial charge in [-0.25, -0.2) is 17.6 Å². The van der Waals surface area contributed by atoms with Gasteiger partial charge in [0.05, 0.1) is 17.6 Å². The normalized spacial score (nSPS) is 11.2. The van der Waals surface area contributed by atoms with Crippen LogP contribution in [0.2, 0.25) is 0 Å². The summed E-state index contributed by atoms with van der Waals surface area (Å²) in [5.41, 5.74) is 6.58. The Morgan fingerprint density at radius 1 is 1.20 bits per heavy atom. The van der Waals surface area contributed by atoms with E-state index < -0.39 is 21.9 Å². The van der Waals surface area contributed by atoms with Crippen molar-refractivity contribution in [1.82, 2.24) is 10.1 Å². The number of anilines is 2. The fourth-order valence-electron chi connectivity index (χ4n) is 2.63. The fourth-order valence-corrected chi connectivity index (χ4v) is 3.19. The Kier molecular flexibility index (Phi) is 5.60. The fraction of sp³-hybridized carbons (Fsp3) is 0.167. The molecule has 0 radical (unpaired) electrons. The van der Waals surface area contributed by atoms with Gasteiger partial charge in [0.15, 0.2) is 11.6 Å². The molecule has 3 aromatic rings. The third-order valence-electron chi connectivity index (χ3n) is 3.85. The van der Waals surface area contributed by atoms with Gasteiger partial charge in [-0.1, -0.05) is 5.16 Å². The molecule has 30 heavy (non-hydrogen) atoms. The molecular formula is C18H18FN5O5S. The highest BCUT2D eigenvalue weighted by Gasteiger charge is 2.17. The molecule has 0 saturated heterocycles. The molecule has 0 aliphatic carbocycles. The van der Waals surface area contributed by atoms with Crippen LogP contribution in [-0.4, -0.2) is 45.0 Å². The lowest BCUT2D eigenvalue weighted by molar-refractivity contribution is 0.208. The van der Waals surface area contributed by atoms with Gasteiger partial charge < -0.3 is 19.9 Å². The van der Waals surface area contributed by atoms with Gasteiger partial charge in [0.2, 0.25) is 15.8 Å². The number of benzene rings is 2. The van der Waals surface area contributed by atoms with Crippen molar-refractivity contribution in [2.75, 3.05) is 30.0 Å². The highest BCUT2D eigenvalue weighted by Crippen LogP contribution is 2.32. The topological polar surface area (TPSA) is 141 Å². The number of nitrogens with two attached hydrogens (primary N) is 1. The average molecular weight is 435 g/mol. The van der Waals surface area contributed by atoms with Crippen LogP contribution < -0.4 is 20.1 Å². The number of primary amides is 1. The summed E-state index contributed by atoms with van der Waals surface area (Å²) in [6.45, 7) is 0. The molecule has 10 nitrogen and oxygen atoms in total. The quantitative estimate of drug-likeness (QED) is 0.601. The maximum absolute atomic E-state index is 14.1. The molecule has 12 heteroatoms. The number of carbonyl (C=O) groups excluding carboxylic acids is 1. The first-order valence-electron chi connectivity index (χ1n) is 8.44. The molecule has 158 valence electrons. The molecule has 1 heterocycles. The third-order valence-corrected chi connectivity index (χ3v) is 4.44. The number of nitrogens with zero attached hydrogens (tertiary/aromatic N) is 3. The smallest absolute Gasteiger partial charge is 0.407 e. The Balaban J connectivity index is 1.95. The first kappa shape index (κ1) is 21.0. The molecule has 3 rings (SSSR count). The Morgan fingerprint density at radius 3 is 2.50 bits per heavy atom. The van der Waals surface area contributed by atoms with Crippen molar-refractivity contribution < 1.29 is 26.9 Å². The zero-order valence-corrected chi connectivity index (χ0v) is 17.0. The summed E-state index contributed by atoms with van der Waals surface area (Å²) in [5.74, 6) is -0.966. The summed E-state index contributed by atoms with van der Waals surface area (Å²) >= 11 is 0. The van der Waals surface area contributed by atoms with E-state index in [0.29, 0.717) is 16.9 Å². The SMILES string of the molecule is CN(C)c1ccc(-c2nc(-c3ccc(OC(N)=O)c(F)c3)no2)cc1NS(C)(=O)=O. The Hall–Kier alpha value is -3.67. The van der Waals surface area contributed by atoms with E-state index in [2.05, 4.69) is 19.6 Å². The second-order valence-electron chi connectivity index (χ2n) is 6.49. The highest BCUT2D eigenvalue weighted by atomic mass is 32.2.